The maximum atomic E-state index is 11.9. The molecule has 0 saturated heterocycles. The van der Waals surface area contributed by atoms with E-state index in [1.54, 1.807) is 6.92 Å². The van der Waals surface area contributed by atoms with E-state index in [4.69, 9.17) is 11.6 Å². The van der Waals surface area contributed by atoms with Crippen LogP contribution in [0.5, 0.6) is 0 Å². The van der Waals surface area contributed by atoms with Crippen molar-refractivity contribution >= 4 is 17.2 Å². The van der Waals surface area contributed by atoms with Crippen LogP contribution in [0.1, 0.15) is 11.6 Å². The van der Waals surface area contributed by atoms with Gasteiger partial charge in [-0.05, 0) is 6.92 Å². The molecule has 0 amide bonds. The van der Waals surface area contributed by atoms with Crippen molar-refractivity contribution in [1.82, 2.24) is 19.6 Å². The van der Waals surface area contributed by atoms with Gasteiger partial charge in [0, 0.05) is 6.07 Å². The topological polar surface area (TPSA) is 52.3 Å². The summed E-state index contributed by atoms with van der Waals surface area (Å²) in [6, 6.07) is 1.47. The highest BCUT2D eigenvalue weighted by molar-refractivity contribution is 6.29. The Kier molecular flexibility index (Phi) is 3.40. The zero-order chi connectivity index (χ0) is 13.3. The Labute approximate surface area is 105 Å². The van der Waals surface area contributed by atoms with Crippen LogP contribution in [-0.4, -0.2) is 32.4 Å². The van der Waals surface area contributed by atoms with Crippen molar-refractivity contribution in [1.29, 1.82) is 0 Å². The van der Waals surface area contributed by atoms with Gasteiger partial charge in [-0.25, -0.2) is 4.98 Å². The van der Waals surface area contributed by atoms with Crippen LogP contribution in [0.2, 0.25) is 5.15 Å². The van der Waals surface area contributed by atoms with E-state index in [0.29, 0.717) is 11.5 Å². The number of hydrogen-bond acceptors (Lipinski definition) is 4. The van der Waals surface area contributed by atoms with E-state index >= 15 is 0 Å². The van der Waals surface area contributed by atoms with Crippen LogP contribution >= 0.6 is 11.6 Å². The maximum Gasteiger partial charge on any atom is 0.411 e. The molecule has 0 aliphatic rings. The molecular weight excluding hydrogens is 273 g/mol. The lowest BCUT2D eigenvalue weighted by Crippen LogP contribution is -2.17. The Morgan fingerprint density at radius 2 is 2.11 bits per heavy atom. The third-order valence-electron chi connectivity index (χ3n) is 2.09. The monoisotopic (exact) mass is 280 g/mol. The largest absolute Gasteiger partial charge is 0.411 e. The van der Waals surface area contributed by atoms with Crippen LogP contribution in [0.3, 0.4) is 0 Å². The van der Waals surface area contributed by atoms with Gasteiger partial charge in [-0.3, -0.25) is 4.40 Å². The number of hydrogen-bond donors (Lipinski definition) is 0. The number of fused-ring (bicyclic) bond motifs is 1. The SMILES string of the molecule is Cc1nc(Cl)cc2nnc(COCC(F)(F)F)n12. The maximum absolute atomic E-state index is 11.9. The van der Waals surface area contributed by atoms with Crippen molar-refractivity contribution in [3.63, 3.8) is 0 Å². The summed E-state index contributed by atoms with van der Waals surface area (Å²) in [6.45, 7) is 0.0162. The van der Waals surface area contributed by atoms with E-state index < -0.39 is 12.8 Å². The van der Waals surface area contributed by atoms with Crippen molar-refractivity contribution in [2.75, 3.05) is 6.61 Å². The molecule has 2 rings (SSSR count). The van der Waals surface area contributed by atoms with Crippen LogP contribution < -0.4 is 0 Å². The lowest BCUT2D eigenvalue weighted by Gasteiger charge is -2.07. The number of rotatable bonds is 3. The van der Waals surface area contributed by atoms with Gasteiger partial charge in [0.25, 0.3) is 0 Å². The fourth-order valence-corrected chi connectivity index (χ4v) is 1.69. The minimum Gasteiger partial charge on any atom is -0.364 e. The van der Waals surface area contributed by atoms with Gasteiger partial charge in [0.05, 0.1) is 0 Å². The molecule has 0 atom stereocenters. The first-order valence-corrected chi connectivity index (χ1v) is 5.26. The molecule has 0 saturated carbocycles. The minimum absolute atomic E-state index is 0.246. The molecule has 0 fully saturated rings. The summed E-state index contributed by atoms with van der Waals surface area (Å²) < 4.78 is 41.8. The van der Waals surface area contributed by atoms with E-state index in [1.165, 1.54) is 10.5 Å². The molecule has 2 heterocycles. The van der Waals surface area contributed by atoms with E-state index in [0.717, 1.165) is 0 Å². The molecule has 5 nitrogen and oxygen atoms in total. The highest BCUT2D eigenvalue weighted by atomic mass is 35.5. The third kappa shape index (κ3) is 2.88. The van der Waals surface area contributed by atoms with Gasteiger partial charge in [0.2, 0.25) is 0 Å². The normalized spacial score (nSPS) is 12.3. The molecule has 2 aromatic rings. The molecule has 0 unspecified atom stereocenters. The minimum atomic E-state index is -4.36. The highest BCUT2D eigenvalue weighted by Crippen LogP contribution is 2.16. The summed E-state index contributed by atoms with van der Waals surface area (Å²) in [5.74, 6) is 0.726. The summed E-state index contributed by atoms with van der Waals surface area (Å²) >= 11 is 5.73. The molecule has 9 heteroatoms. The van der Waals surface area contributed by atoms with Crippen LogP contribution in [0.15, 0.2) is 6.07 Å². The molecule has 0 aromatic carbocycles. The lowest BCUT2D eigenvalue weighted by molar-refractivity contribution is -0.177. The number of halogens is 4. The van der Waals surface area contributed by atoms with Gasteiger partial charge in [-0.1, -0.05) is 11.6 Å². The number of alkyl halides is 3. The highest BCUT2D eigenvalue weighted by Gasteiger charge is 2.27. The van der Waals surface area contributed by atoms with Gasteiger partial charge in [0.1, 0.15) is 24.2 Å². The standard InChI is InChI=1S/C9H8ClF3N4O/c1-5-14-6(10)2-7-15-16-8(17(5)7)3-18-4-9(11,12)13/h2H,3-4H2,1H3. The quantitative estimate of drug-likeness (QED) is 0.809. The average molecular weight is 281 g/mol. The summed E-state index contributed by atoms with van der Waals surface area (Å²) in [5, 5.41) is 7.77. The summed E-state index contributed by atoms with van der Waals surface area (Å²) in [5.41, 5.74) is 0.415. The van der Waals surface area contributed by atoms with Crippen LogP contribution in [0.25, 0.3) is 5.65 Å². The molecule has 0 aliphatic carbocycles. The first kappa shape index (κ1) is 13.0. The first-order valence-electron chi connectivity index (χ1n) is 4.88. The van der Waals surface area contributed by atoms with E-state index in [2.05, 4.69) is 19.9 Å². The molecule has 0 spiro atoms. The van der Waals surface area contributed by atoms with Crippen molar-refractivity contribution in [3.8, 4) is 0 Å². The Bertz CT molecular complexity index is 569. The van der Waals surface area contributed by atoms with E-state index in [1.807, 2.05) is 0 Å². The molecule has 2 aromatic heterocycles. The summed E-state index contributed by atoms with van der Waals surface area (Å²) in [7, 11) is 0. The lowest BCUT2D eigenvalue weighted by atomic mass is 10.5. The van der Waals surface area contributed by atoms with Crippen LogP contribution in [-0.2, 0) is 11.3 Å². The zero-order valence-electron chi connectivity index (χ0n) is 9.20. The summed E-state index contributed by atoms with van der Waals surface area (Å²) in [6.07, 6.45) is -4.36. The molecule has 0 radical (unpaired) electrons. The van der Waals surface area contributed by atoms with Crippen LogP contribution in [0, 0.1) is 6.92 Å². The van der Waals surface area contributed by atoms with Gasteiger partial charge >= 0.3 is 6.18 Å². The Morgan fingerprint density at radius 3 is 2.78 bits per heavy atom. The second-order valence-electron chi connectivity index (χ2n) is 3.54. The number of nitrogens with zero attached hydrogens (tertiary/aromatic N) is 4. The molecule has 18 heavy (non-hydrogen) atoms. The molecule has 0 aliphatic heterocycles. The van der Waals surface area contributed by atoms with Crippen molar-refractivity contribution in [2.24, 2.45) is 0 Å². The van der Waals surface area contributed by atoms with Gasteiger partial charge in [-0.2, -0.15) is 13.2 Å². The second kappa shape index (κ2) is 4.69. The second-order valence-corrected chi connectivity index (χ2v) is 3.93. The molecular formula is C9H8ClF3N4O. The van der Waals surface area contributed by atoms with E-state index in [-0.39, 0.29) is 17.6 Å². The molecule has 0 N–H and O–H groups in total. The predicted octanol–water partition coefficient (Wildman–Crippen LogP) is 2.17. The Morgan fingerprint density at radius 1 is 1.39 bits per heavy atom. The van der Waals surface area contributed by atoms with Gasteiger partial charge < -0.3 is 4.74 Å². The van der Waals surface area contributed by atoms with Gasteiger partial charge in [-0.15, -0.1) is 10.2 Å². The fourth-order valence-electron chi connectivity index (χ4n) is 1.47. The smallest absolute Gasteiger partial charge is 0.364 e. The average Bonchev–Trinajstić information content (AvgIpc) is 2.59. The zero-order valence-corrected chi connectivity index (χ0v) is 9.96. The molecule has 0 bridgehead atoms. The predicted molar refractivity (Wildman–Crippen MR) is 56.2 cm³/mol. The molecule has 98 valence electrons. The number of aryl methyl sites for hydroxylation is 1. The van der Waals surface area contributed by atoms with Gasteiger partial charge in [0.15, 0.2) is 11.5 Å². The number of ether oxygens (including phenoxy) is 1. The van der Waals surface area contributed by atoms with E-state index in [9.17, 15) is 13.2 Å². The van der Waals surface area contributed by atoms with Crippen molar-refractivity contribution in [2.45, 2.75) is 19.7 Å². The Hall–Kier alpha value is -1.41. The third-order valence-corrected chi connectivity index (χ3v) is 2.29. The first-order chi connectivity index (χ1) is 8.37. The fraction of sp³-hybridized carbons (Fsp3) is 0.444. The van der Waals surface area contributed by atoms with Crippen LogP contribution in [0.4, 0.5) is 13.2 Å². The number of aromatic nitrogens is 4. The Balaban J connectivity index is 2.19. The van der Waals surface area contributed by atoms with Crippen molar-refractivity contribution < 1.29 is 17.9 Å². The summed E-state index contributed by atoms with van der Waals surface area (Å²) in [4.78, 5) is 3.96. The van der Waals surface area contributed by atoms with Crippen molar-refractivity contribution in [3.05, 3.63) is 22.9 Å².